The summed E-state index contributed by atoms with van der Waals surface area (Å²) in [6.45, 7) is 17.3. The van der Waals surface area contributed by atoms with Crippen LogP contribution in [0.15, 0.2) is 37.5 Å². The SMILES string of the molecule is C=COCCC(C)[Si](OC(=C)C)OC(=C)C. The van der Waals surface area contributed by atoms with E-state index >= 15 is 0 Å². The quantitative estimate of drug-likeness (QED) is 0.351. The molecule has 0 rings (SSSR count). The molecule has 0 aromatic rings. The third-order valence-corrected chi connectivity index (χ3v) is 3.93. The molecular weight excluding hydrogens is 220 g/mol. The first-order valence-corrected chi connectivity index (χ1v) is 6.62. The summed E-state index contributed by atoms with van der Waals surface area (Å²) in [4.78, 5) is 0. The number of ether oxygens (including phenoxy) is 1. The minimum Gasteiger partial charge on any atom is -0.514 e. The summed E-state index contributed by atoms with van der Waals surface area (Å²) in [5.41, 5.74) is 0.290. The van der Waals surface area contributed by atoms with Gasteiger partial charge in [0.1, 0.15) is 0 Å². The molecule has 0 aliphatic heterocycles. The molecule has 4 heteroatoms. The third kappa shape index (κ3) is 7.17. The van der Waals surface area contributed by atoms with E-state index in [0.29, 0.717) is 23.7 Å². The smallest absolute Gasteiger partial charge is 0.514 e. The molecule has 0 heterocycles. The molecule has 0 aromatic heterocycles. The van der Waals surface area contributed by atoms with Crippen LogP contribution in [-0.4, -0.2) is 15.9 Å². The van der Waals surface area contributed by atoms with E-state index in [1.54, 1.807) is 0 Å². The molecule has 1 radical (unpaired) electrons. The van der Waals surface area contributed by atoms with Gasteiger partial charge in [-0.25, -0.2) is 0 Å². The van der Waals surface area contributed by atoms with Crippen LogP contribution in [-0.2, 0) is 13.6 Å². The molecule has 0 bridgehead atoms. The predicted molar refractivity (Wildman–Crippen MR) is 67.7 cm³/mol. The molecule has 16 heavy (non-hydrogen) atoms. The van der Waals surface area contributed by atoms with Crippen molar-refractivity contribution in [2.24, 2.45) is 0 Å². The molecule has 1 unspecified atom stereocenters. The lowest BCUT2D eigenvalue weighted by molar-refractivity contribution is 0.229. The second-order valence-corrected chi connectivity index (χ2v) is 5.69. The van der Waals surface area contributed by atoms with Gasteiger partial charge < -0.3 is 13.6 Å². The fourth-order valence-electron chi connectivity index (χ4n) is 1.01. The van der Waals surface area contributed by atoms with Crippen LogP contribution in [0, 0.1) is 0 Å². The molecular formula is C12H21O3Si. The summed E-state index contributed by atoms with van der Waals surface area (Å²) < 4.78 is 16.3. The van der Waals surface area contributed by atoms with Gasteiger partial charge in [0.25, 0.3) is 0 Å². The van der Waals surface area contributed by atoms with Crippen molar-refractivity contribution in [3.05, 3.63) is 37.5 Å². The largest absolute Gasteiger partial charge is 0.535 e. The van der Waals surface area contributed by atoms with Crippen LogP contribution in [0.4, 0.5) is 0 Å². The van der Waals surface area contributed by atoms with E-state index < -0.39 is 9.28 Å². The second-order valence-electron chi connectivity index (χ2n) is 3.65. The van der Waals surface area contributed by atoms with Gasteiger partial charge in [0, 0.05) is 5.54 Å². The Morgan fingerprint density at radius 2 is 1.75 bits per heavy atom. The summed E-state index contributed by atoms with van der Waals surface area (Å²) in [7, 11) is -1.42. The molecule has 0 aliphatic rings. The highest BCUT2D eigenvalue weighted by Crippen LogP contribution is 2.20. The lowest BCUT2D eigenvalue weighted by Gasteiger charge is -2.21. The average Bonchev–Trinajstić information content (AvgIpc) is 2.15. The Hall–Kier alpha value is -1.16. The number of rotatable bonds is 9. The lowest BCUT2D eigenvalue weighted by atomic mass is 10.3. The van der Waals surface area contributed by atoms with Crippen molar-refractivity contribution in [3.8, 4) is 0 Å². The van der Waals surface area contributed by atoms with E-state index in [0.717, 1.165) is 6.42 Å². The highest BCUT2D eigenvalue weighted by molar-refractivity contribution is 6.46. The molecule has 0 saturated heterocycles. The van der Waals surface area contributed by atoms with Gasteiger partial charge in [-0.2, -0.15) is 0 Å². The van der Waals surface area contributed by atoms with Gasteiger partial charge in [0.05, 0.1) is 24.4 Å². The van der Waals surface area contributed by atoms with Crippen molar-refractivity contribution in [1.29, 1.82) is 0 Å². The molecule has 0 aliphatic carbocycles. The average molecular weight is 241 g/mol. The van der Waals surface area contributed by atoms with E-state index in [1.165, 1.54) is 6.26 Å². The molecule has 0 spiro atoms. The van der Waals surface area contributed by atoms with Crippen LogP contribution in [0.3, 0.4) is 0 Å². The van der Waals surface area contributed by atoms with E-state index in [4.69, 9.17) is 13.6 Å². The molecule has 1 atom stereocenters. The normalized spacial score (nSPS) is 11.8. The molecule has 91 valence electrons. The maximum Gasteiger partial charge on any atom is 0.535 e. The standard InChI is InChI=1S/C12H21O3Si/c1-7-13-9-8-12(6)16(14-10(2)3)15-11(4)5/h7,12H,1-2,4,8-9H2,3,5-6H3. The third-order valence-electron chi connectivity index (χ3n) is 1.74. The fourth-order valence-corrected chi connectivity index (χ4v) is 2.50. The lowest BCUT2D eigenvalue weighted by Crippen LogP contribution is -2.27. The van der Waals surface area contributed by atoms with Gasteiger partial charge in [0.2, 0.25) is 0 Å². The van der Waals surface area contributed by atoms with Crippen LogP contribution in [0.5, 0.6) is 0 Å². The summed E-state index contributed by atoms with van der Waals surface area (Å²) in [6.07, 6.45) is 2.30. The zero-order chi connectivity index (χ0) is 12.6. The summed E-state index contributed by atoms with van der Waals surface area (Å²) in [6, 6.07) is 0. The van der Waals surface area contributed by atoms with Gasteiger partial charge in [-0.3, -0.25) is 0 Å². The van der Waals surface area contributed by atoms with E-state index in [9.17, 15) is 0 Å². The summed E-state index contributed by atoms with van der Waals surface area (Å²) >= 11 is 0. The van der Waals surface area contributed by atoms with Crippen molar-refractivity contribution >= 4 is 9.28 Å². The minimum absolute atomic E-state index is 0.290. The van der Waals surface area contributed by atoms with Crippen LogP contribution >= 0.6 is 0 Å². The molecule has 0 fully saturated rings. The fraction of sp³-hybridized carbons (Fsp3) is 0.500. The van der Waals surface area contributed by atoms with Crippen LogP contribution in [0.25, 0.3) is 0 Å². The molecule has 0 saturated carbocycles. The van der Waals surface area contributed by atoms with Gasteiger partial charge >= 0.3 is 9.28 Å². The van der Waals surface area contributed by atoms with Gasteiger partial charge in [0.15, 0.2) is 0 Å². The van der Waals surface area contributed by atoms with E-state index in [-0.39, 0.29) is 0 Å². The van der Waals surface area contributed by atoms with E-state index in [1.807, 2.05) is 13.8 Å². The summed E-state index contributed by atoms with van der Waals surface area (Å²) in [5, 5.41) is 0. The van der Waals surface area contributed by atoms with Crippen molar-refractivity contribution in [2.75, 3.05) is 6.61 Å². The maximum absolute atomic E-state index is 5.60. The first-order chi connectivity index (χ1) is 7.47. The van der Waals surface area contributed by atoms with Crippen LogP contribution in [0.1, 0.15) is 27.2 Å². The molecule has 0 N–H and O–H groups in total. The Morgan fingerprint density at radius 1 is 1.25 bits per heavy atom. The van der Waals surface area contributed by atoms with Crippen molar-refractivity contribution in [2.45, 2.75) is 32.7 Å². The molecule has 3 nitrogen and oxygen atoms in total. The Bertz CT molecular complexity index is 235. The first kappa shape index (κ1) is 14.8. The number of allylic oxidation sites excluding steroid dienone is 2. The monoisotopic (exact) mass is 241 g/mol. The van der Waals surface area contributed by atoms with Crippen molar-refractivity contribution in [3.63, 3.8) is 0 Å². The predicted octanol–water partition coefficient (Wildman–Crippen LogP) is 3.52. The van der Waals surface area contributed by atoms with Crippen molar-refractivity contribution < 1.29 is 13.6 Å². The molecule has 0 aromatic carbocycles. The Kier molecular flexibility index (Phi) is 7.46. The number of hydrogen-bond donors (Lipinski definition) is 0. The van der Waals surface area contributed by atoms with Crippen LogP contribution < -0.4 is 0 Å². The van der Waals surface area contributed by atoms with Crippen LogP contribution in [0.2, 0.25) is 5.54 Å². The Balaban J connectivity index is 4.18. The second kappa shape index (κ2) is 8.04. The topological polar surface area (TPSA) is 27.7 Å². The minimum atomic E-state index is -1.42. The van der Waals surface area contributed by atoms with Gasteiger partial charge in [-0.15, -0.1) is 0 Å². The van der Waals surface area contributed by atoms with E-state index in [2.05, 4.69) is 26.7 Å². The zero-order valence-corrected chi connectivity index (χ0v) is 11.4. The van der Waals surface area contributed by atoms with Gasteiger partial charge in [-0.05, 0) is 20.3 Å². The zero-order valence-electron chi connectivity index (χ0n) is 10.4. The van der Waals surface area contributed by atoms with Gasteiger partial charge in [-0.1, -0.05) is 26.7 Å². The first-order valence-electron chi connectivity index (χ1n) is 5.23. The molecule has 0 amide bonds. The number of hydrogen-bond acceptors (Lipinski definition) is 3. The Labute approximate surface area is 100 Å². The highest BCUT2D eigenvalue weighted by atomic mass is 28.3. The Morgan fingerprint density at radius 3 is 2.12 bits per heavy atom. The summed E-state index contributed by atoms with van der Waals surface area (Å²) in [5.74, 6) is 1.35. The highest BCUT2D eigenvalue weighted by Gasteiger charge is 2.28. The maximum atomic E-state index is 5.60. The van der Waals surface area contributed by atoms with Crippen molar-refractivity contribution in [1.82, 2.24) is 0 Å².